The molecule has 0 aliphatic carbocycles. The van der Waals surface area contributed by atoms with Crippen LogP contribution in [-0.2, 0) is 24.2 Å². The van der Waals surface area contributed by atoms with E-state index >= 15 is 0 Å². The first-order valence-electron chi connectivity index (χ1n) is 8.28. The molecule has 2 heterocycles. The van der Waals surface area contributed by atoms with Gasteiger partial charge in [0.05, 0.1) is 11.1 Å². The van der Waals surface area contributed by atoms with Crippen molar-refractivity contribution >= 4 is 22.6 Å². The molecule has 29 heavy (non-hydrogen) atoms. The zero-order chi connectivity index (χ0) is 21.6. The maximum atomic E-state index is 13.5. The van der Waals surface area contributed by atoms with Gasteiger partial charge in [0.25, 0.3) is 5.91 Å². The maximum absolute atomic E-state index is 13.5. The number of fused-ring (bicyclic) bond motifs is 1. The zero-order valence-electron chi connectivity index (χ0n) is 15.4. The van der Waals surface area contributed by atoms with E-state index in [2.05, 4.69) is 16.6 Å². The second-order valence-corrected chi connectivity index (χ2v) is 7.89. The van der Waals surface area contributed by atoms with E-state index in [1.54, 1.807) is 6.92 Å². The summed E-state index contributed by atoms with van der Waals surface area (Å²) in [5.74, 6) is -2.20. The number of nitrogens with zero attached hydrogens (tertiary/aromatic N) is 1. The summed E-state index contributed by atoms with van der Waals surface area (Å²) in [6.07, 6.45) is -1.96. The van der Waals surface area contributed by atoms with Crippen LogP contribution in [0.3, 0.4) is 0 Å². The van der Waals surface area contributed by atoms with Gasteiger partial charge in [0.1, 0.15) is 28.3 Å². The molecule has 1 unspecified atom stereocenters. The largest absolute Gasteiger partial charge is 0.487 e. The van der Waals surface area contributed by atoms with E-state index in [0.29, 0.717) is 12.1 Å². The number of ether oxygens (including phenoxy) is 1. The summed E-state index contributed by atoms with van der Waals surface area (Å²) >= 11 is 0. The van der Waals surface area contributed by atoms with Gasteiger partial charge in [-0.2, -0.15) is 13.2 Å². The Morgan fingerprint density at radius 1 is 1.45 bits per heavy atom. The van der Waals surface area contributed by atoms with Gasteiger partial charge >= 0.3 is 6.18 Å². The number of benzene rings is 1. The van der Waals surface area contributed by atoms with Crippen LogP contribution in [0, 0.1) is 5.82 Å². The number of hydrogen-bond donors (Lipinski definition) is 2. The van der Waals surface area contributed by atoms with Gasteiger partial charge in [-0.25, -0.2) is 13.3 Å². The Kier molecular flexibility index (Phi) is 5.30. The van der Waals surface area contributed by atoms with Crippen LogP contribution in [0.5, 0.6) is 5.75 Å². The summed E-state index contributed by atoms with van der Waals surface area (Å²) in [5, 5.41) is 2.30. The summed E-state index contributed by atoms with van der Waals surface area (Å²) in [4.78, 5) is 12.9. The smallest absolute Gasteiger partial charge is 0.419 e. The highest BCUT2D eigenvalue weighted by Crippen LogP contribution is 2.35. The minimum atomic E-state index is -4.91. The van der Waals surface area contributed by atoms with E-state index in [1.165, 1.54) is 23.9 Å². The molecule has 11 heteroatoms. The summed E-state index contributed by atoms with van der Waals surface area (Å²) in [5.41, 5.74) is -2.60. The van der Waals surface area contributed by atoms with Crippen molar-refractivity contribution in [1.82, 2.24) is 9.29 Å². The minimum Gasteiger partial charge on any atom is -0.487 e. The molecule has 1 aliphatic rings. The molecular formula is C18H17F4N3O3S. The molecule has 2 atom stereocenters. The summed E-state index contributed by atoms with van der Waals surface area (Å²) in [7, 11) is -0.216. The van der Waals surface area contributed by atoms with Gasteiger partial charge in [0, 0.05) is 18.9 Å². The highest BCUT2D eigenvalue weighted by Gasteiger charge is 2.36. The van der Waals surface area contributed by atoms with Crippen molar-refractivity contribution in [3.63, 3.8) is 0 Å². The number of aromatic nitrogens is 1. The minimum absolute atomic E-state index is 0.0221. The molecule has 2 N–H and O–H groups in total. The van der Waals surface area contributed by atoms with E-state index < -0.39 is 40.0 Å². The molecule has 1 amide bonds. The molecule has 3 rings (SSSR count). The molecule has 1 aromatic heterocycles. The van der Waals surface area contributed by atoms with Crippen molar-refractivity contribution in [2.75, 3.05) is 11.9 Å². The van der Waals surface area contributed by atoms with Crippen LogP contribution >= 0.6 is 0 Å². The van der Waals surface area contributed by atoms with E-state index in [-0.39, 0.29) is 28.6 Å². The number of anilines is 1. The lowest BCUT2D eigenvalue weighted by molar-refractivity contribution is -0.139. The number of amides is 1. The van der Waals surface area contributed by atoms with E-state index in [0.717, 1.165) is 6.07 Å². The topological polar surface area (TPSA) is 72.4 Å². The Labute approximate surface area is 166 Å². The molecule has 0 bridgehead atoms. The maximum Gasteiger partial charge on any atom is 0.419 e. The molecule has 6 nitrogen and oxygen atoms in total. The molecule has 0 radical (unpaired) electrons. The SMILES string of the molecule is C=C[C@@]1(C)COc2c(cn(C)c2C(=O)Nc2ccc(F)c(C(F)(F)F)c2)S(=O)N1. The van der Waals surface area contributed by atoms with Crippen LogP contribution < -0.4 is 14.8 Å². The van der Waals surface area contributed by atoms with Crippen LogP contribution in [0.25, 0.3) is 0 Å². The Morgan fingerprint density at radius 3 is 2.76 bits per heavy atom. The number of rotatable bonds is 3. The fourth-order valence-corrected chi connectivity index (χ4v) is 3.99. The van der Waals surface area contributed by atoms with Crippen molar-refractivity contribution in [2.45, 2.75) is 23.5 Å². The monoisotopic (exact) mass is 431 g/mol. The molecular weight excluding hydrogens is 414 g/mol. The molecule has 2 aromatic rings. The van der Waals surface area contributed by atoms with Gasteiger partial charge in [-0.3, -0.25) is 4.79 Å². The lowest BCUT2D eigenvalue weighted by atomic mass is 10.1. The molecule has 0 fully saturated rings. The molecule has 1 aliphatic heterocycles. The number of halogens is 4. The third-order valence-corrected chi connectivity index (χ3v) is 5.68. The number of nitrogens with one attached hydrogen (secondary N) is 2. The van der Waals surface area contributed by atoms with Crippen molar-refractivity contribution in [3.8, 4) is 5.75 Å². The summed E-state index contributed by atoms with van der Waals surface area (Å²) in [6, 6.07) is 2.14. The number of alkyl halides is 3. The lowest BCUT2D eigenvalue weighted by Gasteiger charge is -2.23. The van der Waals surface area contributed by atoms with E-state index in [1.807, 2.05) is 0 Å². The Bertz CT molecular complexity index is 1020. The third kappa shape index (κ3) is 4.06. The van der Waals surface area contributed by atoms with Gasteiger partial charge in [-0.1, -0.05) is 6.08 Å². The average molecular weight is 431 g/mol. The molecule has 0 saturated heterocycles. The summed E-state index contributed by atoms with van der Waals surface area (Å²) < 4.78 is 74.6. The fraction of sp³-hybridized carbons (Fsp3) is 0.278. The quantitative estimate of drug-likeness (QED) is 0.578. The highest BCUT2D eigenvalue weighted by molar-refractivity contribution is 7.83. The first-order chi connectivity index (χ1) is 13.4. The molecule has 0 spiro atoms. The van der Waals surface area contributed by atoms with Crippen molar-refractivity contribution in [1.29, 1.82) is 0 Å². The van der Waals surface area contributed by atoms with E-state index in [9.17, 15) is 26.6 Å². The Morgan fingerprint density at radius 2 is 2.14 bits per heavy atom. The second-order valence-electron chi connectivity index (χ2n) is 6.71. The zero-order valence-corrected chi connectivity index (χ0v) is 16.2. The van der Waals surface area contributed by atoms with Crippen LogP contribution in [0.1, 0.15) is 23.0 Å². The fourth-order valence-electron chi connectivity index (χ4n) is 2.74. The van der Waals surface area contributed by atoms with Crippen LogP contribution in [-0.4, -0.2) is 26.8 Å². The van der Waals surface area contributed by atoms with Crippen LogP contribution in [0.15, 0.2) is 41.9 Å². The second kappa shape index (κ2) is 7.30. The predicted octanol–water partition coefficient (Wildman–Crippen LogP) is 3.38. The number of aryl methyl sites for hydroxylation is 1. The Balaban J connectivity index is 1.95. The first kappa shape index (κ1) is 21.1. The van der Waals surface area contributed by atoms with Gasteiger partial charge in [0.15, 0.2) is 11.4 Å². The third-order valence-electron chi connectivity index (χ3n) is 4.34. The van der Waals surface area contributed by atoms with Gasteiger partial charge < -0.3 is 14.6 Å². The van der Waals surface area contributed by atoms with Crippen molar-refractivity contribution in [3.05, 3.63) is 54.1 Å². The highest BCUT2D eigenvalue weighted by atomic mass is 32.2. The summed E-state index contributed by atoms with van der Waals surface area (Å²) in [6.45, 7) is 5.39. The number of carbonyl (C=O) groups is 1. The number of carbonyl (C=O) groups excluding carboxylic acids is 1. The lowest BCUT2D eigenvalue weighted by Crippen LogP contribution is -2.44. The molecule has 0 saturated carbocycles. The van der Waals surface area contributed by atoms with Crippen molar-refractivity contribution < 1.29 is 31.3 Å². The van der Waals surface area contributed by atoms with Gasteiger partial charge in [-0.05, 0) is 25.1 Å². The normalized spacial score (nSPS) is 21.7. The molecule has 156 valence electrons. The van der Waals surface area contributed by atoms with Crippen LogP contribution in [0.2, 0.25) is 0 Å². The predicted molar refractivity (Wildman–Crippen MR) is 98.4 cm³/mol. The average Bonchev–Trinajstić information content (AvgIpc) is 2.91. The Hall–Kier alpha value is -2.66. The first-order valence-corrected chi connectivity index (χ1v) is 9.43. The van der Waals surface area contributed by atoms with E-state index in [4.69, 9.17) is 4.74 Å². The van der Waals surface area contributed by atoms with Gasteiger partial charge in [-0.15, -0.1) is 6.58 Å². The van der Waals surface area contributed by atoms with Gasteiger partial charge in [0.2, 0.25) is 0 Å². The number of hydrogen-bond acceptors (Lipinski definition) is 3. The van der Waals surface area contributed by atoms with Crippen LogP contribution in [0.4, 0.5) is 23.2 Å². The standard InChI is InChI=1S/C18H17F4N3O3S/c1-4-17(2)9-28-15-13(29(27)24-17)8-25(3)14(15)16(26)23-10-5-6-12(19)11(7-10)18(20,21)22/h4-8,24H,1,9H2,2-3H3,(H,23,26)/t17-,29?/m0/s1. The van der Waals surface area contributed by atoms with Crippen molar-refractivity contribution in [2.24, 2.45) is 7.05 Å². The molecule has 1 aromatic carbocycles.